The molecule has 0 radical (unpaired) electrons. The molecule has 0 aromatic carbocycles. The van der Waals surface area contributed by atoms with Crippen LogP contribution in [0, 0.1) is 16.7 Å². The first-order valence-electron chi connectivity index (χ1n) is 11.8. The van der Waals surface area contributed by atoms with Crippen molar-refractivity contribution in [1.29, 1.82) is 0 Å². The molecule has 3 nitrogen and oxygen atoms in total. The van der Waals surface area contributed by atoms with E-state index in [-0.39, 0.29) is 40.3 Å². The summed E-state index contributed by atoms with van der Waals surface area (Å²) in [7, 11) is 0. The average Bonchev–Trinajstić information content (AvgIpc) is 2.42. The topological polar surface area (TPSA) is 27.7 Å². The first-order chi connectivity index (χ1) is 12.8. The van der Waals surface area contributed by atoms with Crippen molar-refractivity contribution < 1.29 is 14.2 Å². The zero-order valence-corrected chi connectivity index (χ0v) is 22.4. The van der Waals surface area contributed by atoms with E-state index in [0.717, 1.165) is 25.9 Å². The lowest BCUT2D eigenvalue weighted by atomic mass is 9.72. The first-order valence-corrected chi connectivity index (χ1v) is 11.8. The Labute approximate surface area is 183 Å². The molecule has 0 amide bonds. The van der Waals surface area contributed by atoms with Gasteiger partial charge in [0.1, 0.15) is 0 Å². The van der Waals surface area contributed by atoms with Gasteiger partial charge in [-0.3, -0.25) is 0 Å². The van der Waals surface area contributed by atoms with Crippen LogP contribution in [0.2, 0.25) is 0 Å². The van der Waals surface area contributed by atoms with Gasteiger partial charge in [0.15, 0.2) is 0 Å². The standard InChI is InChI=1S/C26H54O3/c1-19(2)17-21(5)29-26(13,14)23(7,8)15-16-27-25(11,12)24(9,10)18-22(6)28-20(3)4/h19-22H,15-18H2,1-14H3. The molecule has 0 saturated heterocycles. The number of hydrogen-bond acceptors (Lipinski definition) is 3. The summed E-state index contributed by atoms with van der Waals surface area (Å²) in [5.41, 5.74) is -0.396. The van der Waals surface area contributed by atoms with Crippen LogP contribution in [0.25, 0.3) is 0 Å². The van der Waals surface area contributed by atoms with Crippen LogP contribution in [0.15, 0.2) is 0 Å². The normalized spacial score (nSPS) is 16.6. The lowest BCUT2D eigenvalue weighted by Gasteiger charge is -2.46. The smallest absolute Gasteiger partial charge is 0.0681 e. The van der Waals surface area contributed by atoms with Gasteiger partial charge in [-0.2, -0.15) is 0 Å². The predicted molar refractivity (Wildman–Crippen MR) is 127 cm³/mol. The second-order valence-electron chi connectivity index (χ2n) is 12.1. The van der Waals surface area contributed by atoms with Crippen LogP contribution >= 0.6 is 0 Å². The first kappa shape index (κ1) is 28.9. The van der Waals surface area contributed by atoms with Gasteiger partial charge in [-0.15, -0.1) is 0 Å². The van der Waals surface area contributed by atoms with E-state index in [2.05, 4.69) is 96.9 Å². The molecule has 176 valence electrons. The second kappa shape index (κ2) is 11.0. The Kier molecular flexibility index (Phi) is 10.9. The second-order valence-corrected chi connectivity index (χ2v) is 12.1. The molecule has 3 heteroatoms. The maximum Gasteiger partial charge on any atom is 0.0681 e. The third-order valence-corrected chi connectivity index (χ3v) is 7.05. The fourth-order valence-electron chi connectivity index (χ4n) is 3.91. The van der Waals surface area contributed by atoms with E-state index in [1.54, 1.807) is 0 Å². The molecule has 0 N–H and O–H groups in total. The Morgan fingerprint density at radius 2 is 1.17 bits per heavy atom. The van der Waals surface area contributed by atoms with Crippen molar-refractivity contribution in [2.24, 2.45) is 16.7 Å². The van der Waals surface area contributed by atoms with Gasteiger partial charge in [0.25, 0.3) is 0 Å². The van der Waals surface area contributed by atoms with Crippen LogP contribution in [-0.4, -0.2) is 36.1 Å². The SMILES string of the molecule is CC(C)CC(C)OC(C)(C)C(C)(C)CCOC(C)(C)C(C)(C)CC(C)OC(C)C. The third-order valence-electron chi connectivity index (χ3n) is 7.05. The largest absolute Gasteiger partial charge is 0.376 e. The molecule has 0 fully saturated rings. The van der Waals surface area contributed by atoms with Crippen LogP contribution in [0.3, 0.4) is 0 Å². The van der Waals surface area contributed by atoms with Crippen LogP contribution < -0.4 is 0 Å². The van der Waals surface area contributed by atoms with E-state index in [9.17, 15) is 0 Å². The summed E-state index contributed by atoms with van der Waals surface area (Å²) in [5, 5.41) is 0. The Balaban J connectivity index is 4.86. The van der Waals surface area contributed by atoms with Crippen molar-refractivity contribution in [3.8, 4) is 0 Å². The molecule has 2 atom stereocenters. The summed E-state index contributed by atoms with van der Waals surface area (Å²) in [6.45, 7) is 31.9. The lowest BCUT2D eigenvalue weighted by molar-refractivity contribution is -0.158. The van der Waals surface area contributed by atoms with Gasteiger partial charge in [-0.1, -0.05) is 41.5 Å². The van der Waals surface area contributed by atoms with Crippen molar-refractivity contribution in [2.75, 3.05) is 6.61 Å². The minimum Gasteiger partial charge on any atom is -0.376 e. The number of rotatable bonds is 14. The summed E-state index contributed by atoms with van der Waals surface area (Å²) < 4.78 is 18.9. The van der Waals surface area contributed by atoms with Crippen LogP contribution in [0.1, 0.15) is 116 Å². The van der Waals surface area contributed by atoms with E-state index in [1.165, 1.54) is 0 Å². The molecular formula is C26H54O3. The molecule has 2 unspecified atom stereocenters. The molecule has 0 heterocycles. The highest BCUT2D eigenvalue weighted by Crippen LogP contribution is 2.42. The zero-order chi connectivity index (χ0) is 23.3. The van der Waals surface area contributed by atoms with Crippen LogP contribution in [0.4, 0.5) is 0 Å². The summed E-state index contributed by atoms with van der Waals surface area (Å²) in [6, 6.07) is 0. The Morgan fingerprint density at radius 3 is 1.62 bits per heavy atom. The number of hydrogen-bond donors (Lipinski definition) is 0. The Hall–Kier alpha value is -0.120. The fraction of sp³-hybridized carbons (Fsp3) is 1.00. The highest BCUT2D eigenvalue weighted by molar-refractivity contribution is 4.91. The molecule has 0 aromatic rings. The van der Waals surface area contributed by atoms with Gasteiger partial charge in [0, 0.05) is 6.61 Å². The highest BCUT2D eigenvalue weighted by atomic mass is 16.5. The average molecular weight is 415 g/mol. The van der Waals surface area contributed by atoms with Gasteiger partial charge < -0.3 is 14.2 Å². The van der Waals surface area contributed by atoms with E-state index in [1.807, 2.05) is 0 Å². The molecule has 0 aromatic heterocycles. The Bertz CT molecular complexity index is 419. The van der Waals surface area contributed by atoms with Gasteiger partial charge in [0.2, 0.25) is 0 Å². The van der Waals surface area contributed by atoms with E-state index in [0.29, 0.717) is 5.92 Å². The fourth-order valence-corrected chi connectivity index (χ4v) is 3.91. The van der Waals surface area contributed by atoms with Crippen LogP contribution in [0.5, 0.6) is 0 Å². The van der Waals surface area contributed by atoms with Gasteiger partial charge >= 0.3 is 0 Å². The van der Waals surface area contributed by atoms with E-state index >= 15 is 0 Å². The van der Waals surface area contributed by atoms with Gasteiger partial charge in [-0.25, -0.2) is 0 Å². The highest BCUT2D eigenvalue weighted by Gasteiger charge is 2.42. The van der Waals surface area contributed by atoms with E-state index < -0.39 is 0 Å². The minimum atomic E-state index is -0.229. The summed E-state index contributed by atoms with van der Waals surface area (Å²) in [4.78, 5) is 0. The van der Waals surface area contributed by atoms with Gasteiger partial charge in [-0.05, 0) is 91.4 Å². The summed E-state index contributed by atoms with van der Waals surface area (Å²) in [6.07, 6.45) is 3.77. The molecule has 0 aliphatic heterocycles. The zero-order valence-electron chi connectivity index (χ0n) is 22.4. The Morgan fingerprint density at radius 1 is 0.655 bits per heavy atom. The molecule has 0 aliphatic carbocycles. The molecule has 0 bridgehead atoms. The van der Waals surface area contributed by atoms with Crippen molar-refractivity contribution in [3.63, 3.8) is 0 Å². The maximum absolute atomic E-state index is 6.49. The monoisotopic (exact) mass is 414 g/mol. The van der Waals surface area contributed by atoms with Crippen molar-refractivity contribution >= 4 is 0 Å². The maximum atomic E-state index is 6.49. The summed E-state index contributed by atoms with van der Waals surface area (Å²) >= 11 is 0. The molecular weight excluding hydrogens is 360 g/mol. The minimum absolute atomic E-state index is 0.0171. The van der Waals surface area contributed by atoms with Crippen molar-refractivity contribution in [3.05, 3.63) is 0 Å². The molecule has 0 saturated carbocycles. The van der Waals surface area contributed by atoms with Crippen molar-refractivity contribution in [2.45, 2.75) is 146 Å². The predicted octanol–water partition coefficient (Wildman–Crippen LogP) is 7.66. The van der Waals surface area contributed by atoms with E-state index in [4.69, 9.17) is 14.2 Å². The molecule has 0 spiro atoms. The quantitative estimate of drug-likeness (QED) is 0.292. The van der Waals surface area contributed by atoms with Crippen molar-refractivity contribution in [1.82, 2.24) is 0 Å². The third kappa shape index (κ3) is 9.70. The number of ether oxygens (including phenoxy) is 3. The summed E-state index contributed by atoms with van der Waals surface area (Å²) in [5.74, 6) is 0.650. The molecule has 29 heavy (non-hydrogen) atoms. The molecule has 0 aliphatic rings. The molecule has 0 rings (SSSR count). The van der Waals surface area contributed by atoms with Crippen LogP contribution in [-0.2, 0) is 14.2 Å². The van der Waals surface area contributed by atoms with Gasteiger partial charge in [0.05, 0.1) is 29.5 Å². The lowest BCUT2D eigenvalue weighted by Crippen LogP contribution is -2.47.